The number of likely N-dealkylation sites (tertiary alicyclic amines) is 1. The lowest BCUT2D eigenvalue weighted by Crippen LogP contribution is -2.30. The number of rotatable bonds is 5. The fourth-order valence-corrected chi connectivity index (χ4v) is 4.30. The van der Waals surface area contributed by atoms with Crippen molar-refractivity contribution in [2.45, 2.75) is 25.2 Å². The van der Waals surface area contributed by atoms with Gasteiger partial charge in [0.05, 0.1) is 4.90 Å². The molecule has 2 aromatic carbocycles. The zero-order valence-electron chi connectivity index (χ0n) is 15.6. The molecule has 0 aromatic heterocycles. The van der Waals surface area contributed by atoms with E-state index >= 15 is 0 Å². The van der Waals surface area contributed by atoms with Gasteiger partial charge in [0.25, 0.3) is 15.9 Å². The quantitative estimate of drug-likeness (QED) is 0.824. The Morgan fingerprint density at radius 1 is 1.19 bits per heavy atom. The number of benzene rings is 2. The molecule has 7 heteroatoms. The van der Waals surface area contributed by atoms with Crippen molar-refractivity contribution in [3.05, 3.63) is 59.2 Å². The second-order valence-corrected chi connectivity index (χ2v) is 8.77. The highest BCUT2D eigenvalue weighted by Gasteiger charge is 2.28. The average Bonchev–Trinajstić information content (AvgIpc) is 3.12. The monoisotopic (exact) mass is 387 g/mol. The van der Waals surface area contributed by atoms with Crippen molar-refractivity contribution in [3.63, 3.8) is 0 Å². The summed E-state index contributed by atoms with van der Waals surface area (Å²) in [5, 5.41) is 0. The Bertz CT molecular complexity index is 939. The van der Waals surface area contributed by atoms with E-state index in [9.17, 15) is 13.2 Å². The molecule has 1 saturated heterocycles. The van der Waals surface area contributed by atoms with Crippen LogP contribution < -0.4 is 10.5 Å². The number of hydrogen-bond acceptors (Lipinski definition) is 4. The van der Waals surface area contributed by atoms with Gasteiger partial charge >= 0.3 is 0 Å². The first-order valence-electron chi connectivity index (χ1n) is 8.99. The number of nitrogens with zero attached hydrogens (tertiary/aromatic N) is 1. The third kappa shape index (κ3) is 4.31. The molecule has 1 unspecified atom stereocenters. The minimum absolute atomic E-state index is 0.0756. The van der Waals surface area contributed by atoms with Gasteiger partial charge in [-0.05, 0) is 62.6 Å². The van der Waals surface area contributed by atoms with Crippen LogP contribution in [-0.2, 0) is 10.0 Å². The summed E-state index contributed by atoms with van der Waals surface area (Å²) in [7, 11) is -3.78. The molecule has 0 saturated carbocycles. The van der Waals surface area contributed by atoms with Gasteiger partial charge in [0, 0.05) is 24.3 Å². The molecule has 0 spiro atoms. The number of nitrogens with two attached hydrogens (primary N) is 1. The van der Waals surface area contributed by atoms with E-state index in [2.05, 4.69) is 4.72 Å². The molecule has 6 nitrogen and oxygen atoms in total. The summed E-state index contributed by atoms with van der Waals surface area (Å²) in [5.41, 5.74) is 8.40. The maximum absolute atomic E-state index is 12.9. The average molecular weight is 388 g/mol. The van der Waals surface area contributed by atoms with Gasteiger partial charge in [0.15, 0.2) is 0 Å². The lowest BCUT2D eigenvalue weighted by Gasteiger charge is -2.18. The SMILES string of the molecule is Cc1ccc(NS(=O)(=O)c2ccc(C)c(C(=O)N3CCC(CN)C3)c2)cc1. The Hall–Kier alpha value is -2.38. The minimum Gasteiger partial charge on any atom is -0.338 e. The zero-order valence-corrected chi connectivity index (χ0v) is 16.4. The van der Waals surface area contributed by atoms with Gasteiger partial charge in [-0.25, -0.2) is 8.42 Å². The summed E-state index contributed by atoms with van der Waals surface area (Å²) in [5.74, 6) is 0.167. The minimum atomic E-state index is -3.78. The molecule has 3 rings (SSSR count). The Labute approximate surface area is 160 Å². The summed E-state index contributed by atoms with van der Waals surface area (Å²) in [6.45, 7) is 5.57. The van der Waals surface area contributed by atoms with Gasteiger partial charge in [0.1, 0.15) is 0 Å². The summed E-state index contributed by atoms with van der Waals surface area (Å²) < 4.78 is 28.0. The molecule has 3 N–H and O–H groups in total. The second-order valence-electron chi connectivity index (χ2n) is 7.09. The van der Waals surface area contributed by atoms with Gasteiger partial charge in [-0.3, -0.25) is 9.52 Å². The Morgan fingerprint density at radius 2 is 1.89 bits per heavy atom. The largest absolute Gasteiger partial charge is 0.338 e. The van der Waals surface area contributed by atoms with E-state index in [0.29, 0.717) is 36.8 Å². The lowest BCUT2D eigenvalue weighted by molar-refractivity contribution is 0.0786. The Morgan fingerprint density at radius 3 is 2.52 bits per heavy atom. The molecule has 1 heterocycles. The number of carbonyl (C=O) groups excluding carboxylic acids is 1. The summed E-state index contributed by atoms with van der Waals surface area (Å²) >= 11 is 0. The van der Waals surface area contributed by atoms with Crippen molar-refractivity contribution < 1.29 is 13.2 Å². The molecule has 0 bridgehead atoms. The van der Waals surface area contributed by atoms with Crippen LogP contribution >= 0.6 is 0 Å². The summed E-state index contributed by atoms with van der Waals surface area (Å²) in [6, 6.07) is 11.8. The maximum Gasteiger partial charge on any atom is 0.261 e. The molecular formula is C20H25N3O3S. The normalized spacial score (nSPS) is 17.1. The fraction of sp³-hybridized carbons (Fsp3) is 0.350. The molecule has 1 atom stereocenters. The first-order chi connectivity index (χ1) is 12.8. The first kappa shape index (κ1) is 19.4. The van der Waals surface area contributed by atoms with Gasteiger partial charge in [-0.1, -0.05) is 23.8 Å². The Balaban J connectivity index is 1.86. The van der Waals surface area contributed by atoms with E-state index in [1.165, 1.54) is 12.1 Å². The van der Waals surface area contributed by atoms with Crippen molar-refractivity contribution in [1.29, 1.82) is 0 Å². The van der Waals surface area contributed by atoms with Gasteiger partial charge in [0.2, 0.25) is 0 Å². The van der Waals surface area contributed by atoms with Crippen LogP contribution in [0, 0.1) is 19.8 Å². The predicted octanol–water partition coefficient (Wildman–Crippen LogP) is 2.53. The van der Waals surface area contributed by atoms with E-state index in [0.717, 1.165) is 17.5 Å². The number of anilines is 1. The molecule has 0 radical (unpaired) electrons. The summed E-state index contributed by atoms with van der Waals surface area (Å²) in [6.07, 6.45) is 0.883. The lowest BCUT2D eigenvalue weighted by atomic mass is 10.1. The van der Waals surface area contributed by atoms with Crippen molar-refractivity contribution in [3.8, 4) is 0 Å². The van der Waals surface area contributed by atoms with Gasteiger partial charge in [-0.2, -0.15) is 0 Å². The Kier molecular flexibility index (Phi) is 5.53. The molecule has 1 amide bonds. The number of hydrogen-bond donors (Lipinski definition) is 2. The maximum atomic E-state index is 12.9. The molecule has 27 heavy (non-hydrogen) atoms. The highest BCUT2D eigenvalue weighted by molar-refractivity contribution is 7.92. The highest BCUT2D eigenvalue weighted by Crippen LogP contribution is 2.23. The number of nitrogens with one attached hydrogen (secondary N) is 1. The number of aryl methyl sites for hydroxylation is 2. The van der Waals surface area contributed by atoms with Crippen LogP contribution in [0.15, 0.2) is 47.4 Å². The second kappa shape index (κ2) is 7.70. The van der Waals surface area contributed by atoms with Crippen LogP contribution in [-0.4, -0.2) is 38.9 Å². The van der Waals surface area contributed by atoms with Crippen LogP contribution in [0.2, 0.25) is 0 Å². The van der Waals surface area contributed by atoms with Crippen molar-refractivity contribution in [2.24, 2.45) is 11.7 Å². The van der Waals surface area contributed by atoms with Crippen molar-refractivity contribution >= 4 is 21.6 Å². The van der Waals surface area contributed by atoms with E-state index in [4.69, 9.17) is 5.73 Å². The molecule has 144 valence electrons. The van der Waals surface area contributed by atoms with Crippen LogP contribution in [0.1, 0.15) is 27.9 Å². The topological polar surface area (TPSA) is 92.5 Å². The van der Waals surface area contributed by atoms with Gasteiger partial charge < -0.3 is 10.6 Å². The first-order valence-corrected chi connectivity index (χ1v) is 10.5. The fourth-order valence-electron chi connectivity index (χ4n) is 3.21. The summed E-state index contributed by atoms with van der Waals surface area (Å²) in [4.78, 5) is 14.7. The van der Waals surface area contributed by atoms with E-state index in [-0.39, 0.29) is 10.8 Å². The van der Waals surface area contributed by atoms with E-state index < -0.39 is 10.0 Å². The van der Waals surface area contributed by atoms with Crippen LogP contribution in [0.25, 0.3) is 0 Å². The molecular weight excluding hydrogens is 362 g/mol. The third-order valence-electron chi connectivity index (χ3n) is 4.96. The molecule has 2 aromatic rings. The standard InChI is InChI=1S/C20H25N3O3S/c1-14-3-6-17(7-4-14)22-27(25,26)18-8-5-15(2)19(11-18)20(24)23-10-9-16(12-21)13-23/h3-8,11,16,22H,9-10,12-13,21H2,1-2H3. The van der Waals surface area contributed by atoms with Crippen molar-refractivity contribution in [2.75, 3.05) is 24.4 Å². The molecule has 1 aliphatic heterocycles. The van der Waals surface area contributed by atoms with Crippen LogP contribution in [0.4, 0.5) is 5.69 Å². The molecule has 1 fully saturated rings. The third-order valence-corrected chi connectivity index (χ3v) is 6.34. The zero-order chi connectivity index (χ0) is 19.6. The van der Waals surface area contributed by atoms with Crippen LogP contribution in [0.3, 0.4) is 0 Å². The van der Waals surface area contributed by atoms with Crippen LogP contribution in [0.5, 0.6) is 0 Å². The predicted molar refractivity (Wildman–Crippen MR) is 106 cm³/mol. The number of amides is 1. The van der Waals surface area contributed by atoms with E-state index in [1.807, 2.05) is 26.0 Å². The van der Waals surface area contributed by atoms with Crippen molar-refractivity contribution in [1.82, 2.24) is 4.90 Å². The highest BCUT2D eigenvalue weighted by atomic mass is 32.2. The molecule has 0 aliphatic carbocycles. The smallest absolute Gasteiger partial charge is 0.261 e. The van der Waals surface area contributed by atoms with Gasteiger partial charge in [-0.15, -0.1) is 0 Å². The molecule has 1 aliphatic rings. The van der Waals surface area contributed by atoms with E-state index in [1.54, 1.807) is 23.1 Å². The number of carbonyl (C=O) groups is 1. The number of sulfonamides is 1.